The molecule has 0 N–H and O–H groups in total. The highest BCUT2D eigenvalue weighted by molar-refractivity contribution is 5.72. The Balaban J connectivity index is 1.79. The summed E-state index contributed by atoms with van der Waals surface area (Å²) >= 11 is 0. The smallest absolute Gasteiger partial charge is 0.308 e. The number of carbonyl (C=O) groups is 1. The van der Waals surface area contributed by atoms with Gasteiger partial charge in [0, 0.05) is 12.0 Å². The second-order valence-corrected chi connectivity index (χ2v) is 6.88. The second kappa shape index (κ2) is 8.77. The molecule has 21 heavy (non-hydrogen) atoms. The first kappa shape index (κ1) is 16.8. The molecule has 2 fully saturated rings. The van der Waals surface area contributed by atoms with Crippen molar-refractivity contribution < 1.29 is 9.53 Å². The van der Waals surface area contributed by atoms with Gasteiger partial charge in [-0.05, 0) is 51.6 Å². The SMILES string of the molecule is CCCC[C@@H](CC)C(=O)OC[C@H]1CCCN2CCCC[C@H]12. The first-order valence-corrected chi connectivity index (χ1v) is 9.17. The van der Waals surface area contributed by atoms with Crippen LogP contribution in [0, 0.1) is 11.8 Å². The molecule has 2 aliphatic heterocycles. The van der Waals surface area contributed by atoms with Gasteiger partial charge in [-0.25, -0.2) is 0 Å². The summed E-state index contributed by atoms with van der Waals surface area (Å²) in [5, 5.41) is 0. The number of carbonyl (C=O) groups excluding carboxylic acids is 1. The number of fused-ring (bicyclic) bond motifs is 1. The Kier molecular flexibility index (Phi) is 7.01. The fraction of sp³-hybridized carbons (Fsp3) is 0.944. The van der Waals surface area contributed by atoms with Gasteiger partial charge in [0.15, 0.2) is 0 Å². The number of ether oxygens (including phenoxy) is 1. The number of piperidine rings is 2. The second-order valence-electron chi connectivity index (χ2n) is 6.88. The lowest BCUT2D eigenvalue weighted by molar-refractivity contribution is -0.152. The van der Waals surface area contributed by atoms with E-state index in [4.69, 9.17) is 4.74 Å². The van der Waals surface area contributed by atoms with Crippen molar-refractivity contribution in [1.29, 1.82) is 0 Å². The standard InChI is InChI=1S/C18H33NO2/c1-3-5-9-15(4-2)18(20)21-14-16-10-8-13-19-12-7-6-11-17(16)19/h15-17H,3-14H2,1-2H3/t15-,16-,17-/m1/s1. The van der Waals surface area contributed by atoms with Crippen LogP contribution in [0.15, 0.2) is 0 Å². The Morgan fingerprint density at radius 2 is 2.00 bits per heavy atom. The molecule has 122 valence electrons. The summed E-state index contributed by atoms with van der Waals surface area (Å²) in [7, 11) is 0. The van der Waals surface area contributed by atoms with Crippen LogP contribution in [0.4, 0.5) is 0 Å². The summed E-state index contributed by atoms with van der Waals surface area (Å²) < 4.78 is 5.71. The minimum atomic E-state index is 0.0545. The van der Waals surface area contributed by atoms with Gasteiger partial charge in [-0.2, -0.15) is 0 Å². The Morgan fingerprint density at radius 1 is 1.19 bits per heavy atom. The molecule has 0 aliphatic carbocycles. The molecule has 3 heteroatoms. The number of hydrogen-bond acceptors (Lipinski definition) is 3. The Morgan fingerprint density at radius 3 is 2.76 bits per heavy atom. The van der Waals surface area contributed by atoms with Gasteiger partial charge in [-0.1, -0.05) is 33.1 Å². The highest BCUT2D eigenvalue weighted by Crippen LogP contribution is 2.31. The molecule has 0 amide bonds. The van der Waals surface area contributed by atoms with Crippen LogP contribution in [0.2, 0.25) is 0 Å². The maximum absolute atomic E-state index is 12.2. The fourth-order valence-electron chi connectivity index (χ4n) is 4.02. The van der Waals surface area contributed by atoms with Crippen LogP contribution in [-0.4, -0.2) is 36.6 Å². The molecule has 2 rings (SSSR count). The number of nitrogens with zero attached hydrogens (tertiary/aromatic N) is 1. The monoisotopic (exact) mass is 295 g/mol. The van der Waals surface area contributed by atoms with E-state index in [-0.39, 0.29) is 11.9 Å². The van der Waals surface area contributed by atoms with E-state index in [1.165, 1.54) is 45.2 Å². The summed E-state index contributed by atoms with van der Waals surface area (Å²) in [6.45, 7) is 7.44. The van der Waals surface area contributed by atoms with Gasteiger partial charge in [0.05, 0.1) is 12.5 Å². The molecule has 0 aromatic carbocycles. The summed E-state index contributed by atoms with van der Waals surface area (Å²) in [6, 6.07) is 0.677. The topological polar surface area (TPSA) is 29.5 Å². The molecular weight excluding hydrogens is 262 g/mol. The van der Waals surface area contributed by atoms with Gasteiger partial charge in [-0.15, -0.1) is 0 Å². The van der Waals surface area contributed by atoms with Crippen molar-refractivity contribution in [3.05, 3.63) is 0 Å². The summed E-state index contributed by atoms with van der Waals surface area (Å²) in [5.74, 6) is 0.751. The number of unbranched alkanes of at least 4 members (excludes halogenated alkanes) is 1. The number of esters is 1. The maximum Gasteiger partial charge on any atom is 0.308 e. The first-order valence-electron chi connectivity index (χ1n) is 9.17. The highest BCUT2D eigenvalue weighted by Gasteiger charge is 2.33. The van der Waals surface area contributed by atoms with E-state index in [0.29, 0.717) is 18.6 Å². The average Bonchev–Trinajstić information content (AvgIpc) is 2.53. The summed E-state index contributed by atoms with van der Waals surface area (Å²) in [4.78, 5) is 14.9. The van der Waals surface area contributed by atoms with Crippen LogP contribution in [0.1, 0.15) is 71.6 Å². The van der Waals surface area contributed by atoms with Gasteiger partial charge in [0.1, 0.15) is 0 Å². The maximum atomic E-state index is 12.2. The van der Waals surface area contributed by atoms with Crippen molar-refractivity contribution in [2.45, 2.75) is 77.7 Å². The van der Waals surface area contributed by atoms with Gasteiger partial charge >= 0.3 is 5.97 Å². The number of hydrogen-bond donors (Lipinski definition) is 0. The molecule has 2 heterocycles. The third-order valence-corrected chi connectivity index (χ3v) is 5.40. The van der Waals surface area contributed by atoms with E-state index in [1.54, 1.807) is 0 Å². The van der Waals surface area contributed by atoms with E-state index in [2.05, 4.69) is 18.7 Å². The summed E-state index contributed by atoms with van der Waals surface area (Å²) in [6.07, 6.45) is 10.7. The lowest BCUT2D eigenvalue weighted by atomic mass is 9.84. The lowest BCUT2D eigenvalue weighted by Crippen LogP contribution is -2.49. The van der Waals surface area contributed by atoms with Crippen molar-refractivity contribution in [2.24, 2.45) is 11.8 Å². The molecule has 0 radical (unpaired) electrons. The Bertz CT molecular complexity index is 316. The third kappa shape index (κ3) is 4.70. The molecule has 0 aromatic rings. The zero-order valence-electron chi connectivity index (χ0n) is 14.0. The van der Waals surface area contributed by atoms with Crippen LogP contribution in [0.3, 0.4) is 0 Å². The van der Waals surface area contributed by atoms with Gasteiger partial charge in [0.25, 0.3) is 0 Å². The Hall–Kier alpha value is -0.570. The molecule has 0 saturated carbocycles. The average molecular weight is 295 g/mol. The van der Waals surface area contributed by atoms with Crippen molar-refractivity contribution in [1.82, 2.24) is 4.90 Å². The predicted octanol–water partition coefficient (Wildman–Crippen LogP) is 4.01. The molecule has 0 spiro atoms. The van der Waals surface area contributed by atoms with Crippen LogP contribution < -0.4 is 0 Å². The van der Waals surface area contributed by atoms with Gasteiger partial charge < -0.3 is 4.74 Å². The quantitative estimate of drug-likeness (QED) is 0.665. The largest absolute Gasteiger partial charge is 0.465 e. The zero-order valence-corrected chi connectivity index (χ0v) is 14.0. The van der Waals surface area contributed by atoms with Crippen LogP contribution in [-0.2, 0) is 9.53 Å². The summed E-state index contributed by atoms with van der Waals surface area (Å²) in [5.41, 5.74) is 0. The van der Waals surface area contributed by atoms with Crippen LogP contribution in [0.25, 0.3) is 0 Å². The van der Waals surface area contributed by atoms with Gasteiger partial charge in [0.2, 0.25) is 0 Å². The Labute approximate surface area is 130 Å². The van der Waals surface area contributed by atoms with Crippen LogP contribution in [0.5, 0.6) is 0 Å². The van der Waals surface area contributed by atoms with E-state index in [1.807, 2.05) is 0 Å². The van der Waals surface area contributed by atoms with Crippen molar-refractivity contribution in [2.75, 3.05) is 19.7 Å². The van der Waals surface area contributed by atoms with E-state index in [0.717, 1.165) is 25.7 Å². The molecule has 0 bridgehead atoms. The zero-order chi connectivity index (χ0) is 15.1. The molecule has 2 aliphatic rings. The predicted molar refractivity (Wildman–Crippen MR) is 86.2 cm³/mol. The van der Waals surface area contributed by atoms with Crippen molar-refractivity contribution in [3.63, 3.8) is 0 Å². The number of rotatable bonds is 7. The highest BCUT2D eigenvalue weighted by atomic mass is 16.5. The molecule has 3 nitrogen and oxygen atoms in total. The normalized spacial score (nSPS) is 27.9. The minimum absolute atomic E-state index is 0.0545. The lowest BCUT2D eigenvalue weighted by Gasteiger charge is -2.44. The molecule has 3 atom stereocenters. The van der Waals surface area contributed by atoms with Crippen molar-refractivity contribution >= 4 is 5.97 Å². The van der Waals surface area contributed by atoms with Gasteiger partial charge in [-0.3, -0.25) is 9.69 Å². The minimum Gasteiger partial charge on any atom is -0.465 e. The molecule has 2 saturated heterocycles. The van der Waals surface area contributed by atoms with Crippen molar-refractivity contribution in [3.8, 4) is 0 Å². The van der Waals surface area contributed by atoms with E-state index >= 15 is 0 Å². The molecular formula is C18H33NO2. The van der Waals surface area contributed by atoms with E-state index < -0.39 is 0 Å². The molecule has 0 unspecified atom stereocenters. The van der Waals surface area contributed by atoms with E-state index in [9.17, 15) is 4.79 Å². The van der Waals surface area contributed by atoms with Crippen LogP contribution >= 0.6 is 0 Å². The molecule has 0 aromatic heterocycles. The first-order chi connectivity index (χ1) is 10.3. The fourth-order valence-corrected chi connectivity index (χ4v) is 4.02. The third-order valence-electron chi connectivity index (χ3n) is 5.40.